The van der Waals surface area contributed by atoms with Crippen molar-refractivity contribution in [3.8, 4) is 0 Å². The minimum absolute atomic E-state index is 0.216. The fourth-order valence-corrected chi connectivity index (χ4v) is 5.71. The van der Waals surface area contributed by atoms with Crippen LogP contribution in [0.15, 0.2) is 32.5 Å². The molecule has 0 bridgehead atoms. The summed E-state index contributed by atoms with van der Waals surface area (Å²) in [4.78, 5) is 21.9. The maximum atomic E-state index is 12.5. The van der Waals surface area contributed by atoms with Gasteiger partial charge in [-0.05, 0) is 69.1 Å². The Balaban J connectivity index is 1.91. The predicted molar refractivity (Wildman–Crippen MR) is 143 cm³/mol. The summed E-state index contributed by atoms with van der Waals surface area (Å²) in [5.41, 5.74) is 1.64. The van der Waals surface area contributed by atoms with Gasteiger partial charge in [0.1, 0.15) is 10.3 Å². The van der Waals surface area contributed by atoms with E-state index >= 15 is 0 Å². The summed E-state index contributed by atoms with van der Waals surface area (Å²) in [5.74, 6) is -0.216. The van der Waals surface area contributed by atoms with E-state index in [9.17, 15) is 4.79 Å². The molecule has 1 unspecified atom stereocenters. The van der Waals surface area contributed by atoms with Crippen molar-refractivity contribution >= 4 is 45.0 Å². The maximum Gasteiger partial charge on any atom is 0.322 e. The molecule has 2 aromatic rings. The number of pyridine rings is 1. The Kier molecular flexibility index (Phi) is 11.3. The molecule has 33 heavy (non-hydrogen) atoms. The molecule has 1 atom stereocenters. The quantitative estimate of drug-likeness (QED) is 0.158. The Labute approximate surface area is 216 Å². The zero-order chi connectivity index (χ0) is 24.5. The third-order valence-electron chi connectivity index (χ3n) is 4.99. The summed E-state index contributed by atoms with van der Waals surface area (Å²) < 4.78 is 6.78. The molecule has 0 fully saturated rings. The second-order valence-corrected chi connectivity index (χ2v) is 13.4. The highest BCUT2D eigenvalue weighted by Gasteiger charge is 2.34. The van der Waals surface area contributed by atoms with Crippen LogP contribution in [0, 0.1) is 0 Å². The van der Waals surface area contributed by atoms with Gasteiger partial charge < -0.3 is 10.1 Å². The SMILES string of the molecule is CCCCCCC(NCCc1csc(SC(C)(C)C(=O)OC(C)(C)C)n1)c1ccc(Br)cn1. The Morgan fingerprint density at radius 3 is 2.61 bits per heavy atom. The summed E-state index contributed by atoms with van der Waals surface area (Å²) in [7, 11) is 0. The average Bonchev–Trinajstić information content (AvgIpc) is 3.15. The molecule has 5 nitrogen and oxygen atoms in total. The molecule has 0 aliphatic rings. The van der Waals surface area contributed by atoms with E-state index in [1.807, 2.05) is 40.8 Å². The number of carbonyl (C=O) groups excluding carboxylic acids is 1. The van der Waals surface area contributed by atoms with E-state index in [4.69, 9.17) is 9.72 Å². The number of rotatable bonds is 13. The molecule has 0 radical (unpaired) electrons. The highest BCUT2D eigenvalue weighted by Crippen LogP contribution is 2.36. The summed E-state index contributed by atoms with van der Waals surface area (Å²) >= 11 is 6.53. The van der Waals surface area contributed by atoms with E-state index in [0.717, 1.165) is 39.6 Å². The number of halogens is 1. The number of unbranched alkanes of at least 4 members (excludes halogenated alkanes) is 3. The molecule has 2 heterocycles. The molecule has 0 saturated carbocycles. The van der Waals surface area contributed by atoms with Crippen molar-refractivity contribution in [1.29, 1.82) is 0 Å². The lowest BCUT2D eigenvalue weighted by molar-refractivity contribution is -0.156. The number of ether oxygens (including phenoxy) is 1. The molecule has 1 N–H and O–H groups in total. The van der Waals surface area contributed by atoms with Gasteiger partial charge in [0.2, 0.25) is 0 Å². The normalized spacial score (nSPS) is 13.2. The highest BCUT2D eigenvalue weighted by atomic mass is 79.9. The number of carbonyl (C=O) groups is 1. The van der Waals surface area contributed by atoms with Gasteiger partial charge in [-0.2, -0.15) is 0 Å². The zero-order valence-corrected chi connectivity index (χ0v) is 24.0. The number of hydrogen-bond donors (Lipinski definition) is 1. The molecule has 0 spiro atoms. The fourth-order valence-electron chi connectivity index (χ4n) is 3.21. The van der Waals surface area contributed by atoms with Crippen LogP contribution in [-0.2, 0) is 16.0 Å². The van der Waals surface area contributed by atoms with Crippen LogP contribution in [-0.4, -0.2) is 32.8 Å². The third kappa shape index (κ3) is 10.5. The van der Waals surface area contributed by atoms with Gasteiger partial charge in [0.15, 0.2) is 4.34 Å². The van der Waals surface area contributed by atoms with Crippen LogP contribution in [0.4, 0.5) is 0 Å². The molecule has 184 valence electrons. The van der Waals surface area contributed by atoms with Crippen molar-refractivity contribution in [1.82, 2.24) is 15.3 Å². The van der Waals surface area contributed by atoms with E-state index in [2.05, 4.69) is 50.7 Å². The third-order valence-corrected chi connectivity index (χ3v) is 7.62. The highest BCUT2D eigenvalue weighted by molar-refractivity contribution is 9.10. The largest absolute Gasteiger partial charge is 0.459 e. The number of nitrogens with zero attached hydrogens (tertiary/aromatic N) is 2. The molecule has 0 aliphatic heterocycles. The van der Waals surface area contributed by atoms with Crippen molar-refractivity contribution in [2.45, 2.75) is 101 Å². The van der Waals surface area contributed by atoms with E-state index in [1.165, 1.54) is 37.4 Å². The van der Waals surface area contributed by atoms with Crippen LogP contribution in [0.1, 0.15) is 91.1 Å². The van der Waals surface area contributed by atoms with Gasteiger partial charge in [0, 0.05) is 35.1 Å². The lowest BCUT2D eigenvalue weighted by Gasteiger charge is -2.27. The van der Waals surface area contributed by atoms with Crippen molar-refractivity contribution in [2.75, 3.05) is 6.54 Å². The van der Waals surface area contributed by atoms with Crippen molar-refractivity contribution in [2.24, 2.45) is 0 Å². The topological polar surface area (TPSA) is 64.1 Å². The van der Waals surface area contributed by atoms with Crippen LogP contribution >= 0.6 is 39.0 Å². The Bertz CT molecular complexity index is 863. The second-order valence-electron chi connectivity index (χ2n) is 9.73. The molecule has 0 amide bonds. The molecule has 0 aromatic carbocycles. The maximum absolute atomic E-state index is 12.5. The van der Waals surface area contributed by atoms with Crippen molar-refractivity contribution in [3.05, 3.63) is 39.6 Å². The number of nitrogens with one attached hydrogen (secondary N) is 1. The van der Waals surface area contributed by atoms with Gasteiger partial charge in [-0.3, -0.25) is 9.78 Å². The molecule has 0 saturated heterocycles. The standard InChI is InChI=1S/C25H38BrN3O2S2/c1-7-8-9-10-11-20(21-13-12-18(26)16-28-21)27-15-14-19-17-32-23(29-19)33-25(5,6)22(30)31-24(2,3)4/h12-13,16-17,20,27H,7-11,14-15H2,1-6H3. The first-order valence-electron chi connectivity index (χ1n) is 11.7. The summed E-state index contributed by atoms with van der Waals surface area (Å²) in [6.45, 7) is 12.5. The van der Waals surface area contributed by atoms with Crippen molar-refractivity contribution in [3.63, 3.8) is 0 Å². The van der Waals surface area contributed by atoms with Crippen LogP contribution in [0.25, 0.3) is 0 Å². The minimum Gasteiger partial charge on any atom is -0.459 e. The number of esters is 1. The lowest BCUT2D eigenvalue weighted by atomic mass is 10.0. The second kappa shape index (κ2) is 13.2. The Morgan fingerprint density at radius 2 is 1.97 bits per heavy atom. The summed E-state index contributed by atoms with van der Waals surface area (Å²) in [6.07, 6.45) is 8.75. The molecule has 8 heteroatoms. The van der Waals surface area contributed by atoms with Crippen LogP contribution in [0.5, 0.6) is 0 Å². The monoisotopic (exact) mass is 555 g/mol. The molecular weight excluding hydrogens is 518 g/mol. The van der Waals surface area contributed by atoms with E-state index in [1.54, 1.807) is 11.3 Å². The van der Waals surface area contributed by atoms with Gasteiger partial charge in [0.25, 0.3) is 0 Å². The smallest absolute Gasteiger partial charge is 0.322 e. The number of hydrogen-bond acceptors (Lipinski definition) is 7. The van der Waals surface area contributed by atoms with E-state index in [0.29, 0.717) is 0 Å². The first-order chi connectivity index (χ1) is 15.5. The van der Waals surface area contributed by atoms with Gasteiger partial charge in [-0.1, -0.05) is 44.4 Å². The van der Waals surface area contributed by atoms with Gasteiger partial charge in [-0.25, -0.2) is 4.98 Å². The summed E-state index contributed by atoms with van der Waals surface area (Å²) in [5, 5.41) is 5.77. The molecular formula is C25H38BrN3O2S2. The Morgan fingerprint density at radius 1 is 1.21 bits per heavy atom. The first kappa shape index (κ1) is 28.3. The molecule has 0 aliphatic carbocycles. The first-order valence-corrected chi connectivity index (χ1v) is 14.2. The van der Waals surface area contributed by atoms with Crippen molar-refractivity contribution < 1.29 is 9.53 Å². The fraction of sp³-hybridized carbons (Fsp3) is 0.640. The number of thiazole rings is 1. The van der Waals surface area contributed by atoms with Crippen LogP contribution in [0.3, 0.4) is 0 Å². The van der Waals surface area contributed by atoms with Gasteiger partial charge in [0.05, 0.1) is 11.4 Å². The van der Waals surface area contributed by atoms with Crippen LogP contribution < -0.4 is 5.32 Å². The number of thioether (sulfide) groups is 1. The zero-order valence-electron chi connectivity index (χ0n) is 20.7. The predicted octanol–water partition coefficient (Wildman–Crippen LogP) is 7.36. The number of aromatic nitrogens is 2. The Hall–Kier alpha value is -0.960. The van der Waals surface area contributed by atoms with Gasteiger partial charge >= 0.3 is 5.97 Å². The van der Waals surface area contributed by atoms with Crippen LogP contribution in [0.2, 0.25) is 0 Å². The van der Waals surface area contributed by atoms with Gasteiger partial charge in [-0.15, -0.1) is 11.3 Å². The molecule has 2 rings (SSSR count). The summed E-state index contributed by atoms with van der Waals surface area (Å²) in [6, 6.07) is 4.39. The average molecular weight is 557 g/mol. The van der Waals surface area contributed by atoms with E-state index in [-0.39, 0.29) is 12.0 Å². The minimum atomic E-state index is -0.683. The van der Waals surface area contributed by atoms with E-state index < -0.39 is 10.3 Å². The lowest BCUT2D eigenvalue weighted by Crippen LogP contribution is -2.36. The molecule has 2 aromatic heterocycles.